The Morgan fingerprint density at radius 3 is 2.89 bits per heavy atom. The number of benzene rings is 1. The number of anilines is 1. The van der Waals surface area contributed by atoms with Crippen LogP contribution in [0.15, 0.2) is 18.2 Å². The average molecular weight is 271 g/mol. The lowest BCUT2D eigenvalue weighted by molar-refractivity contribution is 0.372. The van der Waals surface area contributed by atoms with E-state index in [-0.39, 0.29) is 11.7 Å². The fourth-order valence-corrected chi connectivity index (χ4v) is 2.98. The summed E-state index contributed by atoms with van der Waals surface area (Å²) in [7, 11) is 4.15. The van der Waals surface area contributed by atoms with Crippen LogP contribution in [-0.4, -0.2) is 38.1 Å². The summed E-state index contributed by atoms with van der Waals surface area (Å²) < 4.78 is 13.8. The van der Waals surface area contributed by atoms with Gasteiger partial charge in [-0.15, -0.1) is 11.6 Å². The minimum absolute atomic E-state index is 0.196. The Morgan fingerprint density at radius 2 is 2.22 bits per heavy atom. The molecule has 1 aliphatic rings. The molecular formula is C14H20ClFN2. The van der Waals surface area contributed by atoms with E-state index < -0.39 is 0 Å². The number of likely N-dealkylation sites (N-methyl/N-ethyl adjacent to an activating group) is 1. The second-order valence-corrected chi connectivity index (χ2v) is 5.39. The Balaban J connectivity index is 2.27. The van der Waals surface area contributed by atoms with Crippen molar-refractivity contribution in [2.75, 3.05) is 32.1 Å². The topological polar surface area (TPSA) is 6.48 Å². The zero-order valence-corrected chi connectivity index (χ0v) is 11.8. The Labute approximate surface area is 113 Å². The Kier molecular flexibility index (Phi) is 4.46. The van der Waals surface area contributed by atoms with Gasteiger partial charge in [0.1, 0.15) is 5.82 Å². The summed E-state index contributed by atoms with van der Waals surface area (Å²) in [5.41, 5.74) is 1.60. The molecule has 0 bridgehead atoms. The van der Waals surface area contributed by atoms with Crippen LogP contribution in [0.2, 0.25) is 0 Å². The predicted octanol–water partition coefficient (Wildman–Crippen LogP) is 3.09. The lowest BCUT2D eigenvalue weighted by Gasteiger charge is -2.30. The van der Waals surface area contributed by atoms with Crippen molar-refractivity contribution in [1.29, 1.82) is 0 Å². The zero-order valence-electron chi connectivity index (χ0n) is 11.0. The van der Waals surface area contributed by atoms with E-state index in [1.54, 1.807) is 6.07 Å². The highest BCUT2D eigenvalue weighted by Crippen LogP contribution is 2.31. The molecule has 0 radical (unpaired) electrons. The van der Waals surface area contributed by atoms with E-state index in [4.69, 9.17) is 11.6 Å². The van der Waals surface area contributed by atoms with E-state index in [2.05, 4.69) is 23.9 Å². The van der Waals surface area contributed by atoms with Crippen LogP contribution < -0.4 is 4.90 Å². The van der Waals surface area contributed by atoms with Gasteiger partial charge in [-0.3, -0.25) is 0 Å². The first-order chi connectivity index (χ1) is 8.63. The highest BCUT2D eigenvalue weighted by Gasteiger charge is 2.27. The fourth-order valence-electron chi connectivity index (χ4n) is 2.71. The Hall–Kier alpha value is -0.800. The minimum Gasteiger partial charge on any atom is -0.367 e. The van der Waals surface area contributed by atoms with Crippen LogP contribution in [0, 0.1) is 5.82 Å². The highest BCUT2D eigenvalue weighted by molar-refractivity contribution is 6.17. The minimum atomic E-state index is -0.196. The quantitative estimate of drug-likeness (QED) is 0.776. The van der Waals surface area contributed by atoms with Crippen molar-refractivity contribution in [3.8, 4) is 0 Å². The second-order valence-electron chi connectivity index (χ2n) is 5.12. The van der Waals surface area contributed by atoms with Crippen molar-refractivity contribution in [2.24, 2.45) is 0 Å². The van der Waals surface area contributed by atoms with Crippen LogP contribution in [0.4, 0.5) is 10.1 Å². The van der Waals surface area contributed by atoms with Crippen molar-refractivity contribution < 1.29 is 4.39 Å². The first kappa shape index (κ1) is 13.6. The van der Waals surface area contributed by atoms with Crippen LogP contribution in [0.3, 0.4) is 0 Å². The van der Waals surface area contributed by atoms with E-state index in [9.17, 15) is 4.39 Å². The molecule has 1 aromatic rings. The van der Waals surface area contributed by atoms with Crippen LogP contribution in [0.5, 0.6) is 0 Å². The maximum absolute atomic E-state index is 13.8. The molecule has 4 heteroatoms. The van der Waals surface area contributed by atoms with Gasteiger partial charge in [-0.1, -0.05) is 6.07 Å². The molecule has 1 saturated heterocycles. The van der Waals surface area contributed by atoms with Crippen LogP contribution in [0.25, 0.3) is 0 Å². The third-order valence-corrected chi connectivity index (χ3v) is 3.76. The Morgan fingerprint density at radius 1 is 1.44 bits per heavy atom. The monoisotopic (exact) mass is 270 g/mol. The molecule has 1 aromatic carbocycles. The number of rotatable bonds is 4. The van der Waals surface area contributed by atoms with Gasteiger partial charge < -0.3 is 9.80 Å². The molecule has 0 saturated carbocycles. The number of halogens is 2. The molecule has 18 heavy (non-hydrogen) atoms. The van der Waals surface area contributed by atoms with Gasteiger partial charge in [-0.25, -0.2) is 4.39 Å². The van der Waals surface area contributed by atoms with Crippen LogP contribution >= 0.6 is 11.6 Å². The van der Waals surface area contributed by atoms with Gasteiger partial charge in [0, 0.05) is 30.4 Å². The maximum atomic E-state index is 13.8. The molecule has 100 valence electrons. The molecule has 1 heterocycles. The third kappa shape index (κ3) is 2.78. The van der Waals surface area contributed by atoms with Gasteiger partial charge in [0.25, 0.3) is 0 Å². The first-order valence-electron chi connectivity index (χ1n) is 6.38. The molecule has 1 unspecified atom stereocenters. The molecule has 2 nitrogen and oxygen atoms in total. The molecule has 1 fully saturated rings. The van der Waals surface area contributed by atoms with E-state index in [1.165, 1.54) is 6.07 Å². The molecule has 0 amide bonds. The second kappa shape index (κ2) is 5.89. The van der Waals surface area contributed by atoms with Crippen molar-refractivity contribution in [2.45, 2.75) is 24.8 Å². The summed E-state index contributed by atoms with van der Waals surface area (Å²) in [4.78, 5) is 4.49. The van der Waals surface area contributed by atoms with Crippen molar-refractivity contribution in [3.63, 3.8) is 0 Å². The van der Waals surface area contributed by atoms with Crippen LogP contribution in [-0.2, 0) is 5.88 Å². The normalized spacial score (nSPS) is 19.8. The lowest BCUT2D eigenvalue weighted by Crippen LogP contribution is -2.38. The third-order valence-electron chi connectivity index (χ3n) is 3.49. The molecule has 0 aromatic heterocycles. The first-order valence-corrected chi connectivity index (χ1v) is 6.91. The largest absolute Gasteiger partial charge is 0.367 e. The van der Waals surface area contributed by atoms with E-state index in [0.29, 0.717) is 11.6 Å². The summed E-state index contributed by atoms with van der Waals surface area (Å²) >= 11 is 5.89. The van der Waals surface area contributed by atoms with Gasteiger partial charge in [0.05, 0.1) is 5.88 Å². The summed E-state index contributed by atoms with van der Waals surface area (Å²) in [6.45, 7) is 1.99. The van der Waals surface area contributed by atoms with Crippen molar-refractivity contribution in [3.05, 3.63) is 29.6 Å². The average Bonchev–Trinajstić information content (AvgIpc) is 2.75. The number of nitrogens with zero attached hydrogens (tertiary/aromatic N) is 2. The van der Waals surface area contributed by atoms with E-state index in [1.807, 2.05) is 6.07 Å². The molecule has 1 aliphatic heterocycles. The highest BCUT2D eigenvalue weighted by atomic mass is 35.5. The van der Waals surface area contributed by atoms with Gasteiger partial charge in [0.15, 0.2) is 0 Å². The Bertz CT molecular complexity index is 409. The standard InChI is InChI=1S/C14H20ClFN2/c1-17(2)10-11-5-4-8-18(11)14-7-3-6-13(16)12(14)9-15/h3,6-7,11H,4-5,8-10H2,1-2H3. The van der Waals surface area contributed by atoms with Crippen molar-refractivity contribution in [1.82, 2.24) is 4.90 Å². The summed E-state index contributed by atoms with van der Waals surface area (Å²) in [5.74, 6) is 0.0331. The van der Waals surface area contributed by atoms with E-state index in [0.717, 1.165) is 31.6 Å². The number of hydrogen-bond donors (Lipinski definition) is 0. The predicted molar refractivity (Wildman–Crippen MR) is 74.9 cm³/mol. The molecule has 0 N–H and O–H groups in total. The number of alkyl halides is 1. The molecule has 0 aliphatic carbocycles. The van der Waals surface area contributed by atoms with E-state index >= 15 is 0 Å². The van der Waals surface area contributed by atoms with Crippen molar-refractivity contribution >= 4 is 17.3 Å². The van der Waals surface area contributed by atoms with Gasteiger partial charge in [-0.05, 0) is 39.1 Å². The lowest BCUT2D eigenvalue weighted by atomic mass is 10.1. The SMILES string of the molecule is CN(C)CC1CCCN1c1cccc(F)c1CCl. The maximum Gasteiger partial charge on any atom is 0.129 e. The smallest absolute Gasteiger partial charge is 0.129 e. The summed E-state index contributed by atoms with van der Waals surface area (Å²) in [5, 5.41) is 0. The fraction of sp³-hybridized carbons (Fsp3) is 0.571. The summed E-state index contributed by atoms with van der Waals surface area (Å²) in [6, 6.07) is 5.70. The number of hydrogen-bond acceptors (Lipinski definition) is 2. The molecule has 1 atom stereocenters. The molecule has 0 spiro atoms. The molecule has 2 rings (SSSR count). The van der Waals surface area contributed by atoms with Gasteiger partial charge in [0.2, 0.25) is 0 Å². The zero-order chi connectivity index (χ0) is 13.1. The van der Waals surface area contributed by atoms with Gasteiger partial charge in [-0.2, -0.15) is 0 Å². The molecular weight excluding hydrogens is 251 g/mol. The van der Waals surface area contributed by atoms with Crippen LogP contribution in [0.1, 0.15) is 18.4 Å². The van der Waals surface area contributed by atoms with Gasteiger partial charge >= 0.3 is 0 Å². The summed E-state index contributed by atoms with van der Waals surface area (Å²) in [6.07, 6.45) is 2.33.